The van der Waals surface area contributed by atoms with E-state index in [-0.39, 0.29) is 30.9 Å². The molecule has 0 radical (unpaired) electrons. The van der Waals surface area contributed by atoms with Crippen LogP contribution in [-0.2, 0) is 14.4 Å². The second-order valence-electron chi connectivity index (χ2n) is 10.5. The molecule has 8 heteroatoms. The standard InChI is InChI=1S/C28H33N3O4S/c1-17-10-11-18(2)20(16-17)30-25(34)23-28-13-12-27(3,36-28)21(22(28)26(35)31(23)14-7-15-32)24(33)29-19-8-5-4-6-9-19/h4-6,8-11,16,21-23,32H,7,12-15H2,1-3H3,(H,29,33)(H,30,34)/t21-,22-,23?,27+,28?/m0/s1. The molecule has 190 valence electrons. The monoisotopic (exact) mass is 507 g/mol. The lowest BCUT2D eigenvalue weighted by Crippen LogP contribution is -2.52. The number of para-hydroxylation sites is 1. The molecule has 2 unspecified atom stereocenters. The lowest BCUT2D eigenvalue weighted by Gasteiger charge is -2.35. The number of aliphatic hydroxyl groups excluding tert-OH is 1. The molecule has 3 fully saturated rings. The zero-order valence-electron chi connectivity index (χ0n) is 20.9. The van der Waals surface area contributed by atoms with Gasteiger partial charge in [0.2, 0.25) is 17.7 Å². The van der Waals surface area contributed by atoms with E-state index in [1.807, 2.05) is 62.4 Å². The van der Waals surface area contributed by atoms with Gasteiger partial charge in [0, 0.05) is 29.3 Å². The number of rotatable bonds is 7. The van der Waals surface area contributed by atoms with Crippen LogP contribution in [0.2, 0.25) is 0 Å². The van der Waals surface area contributed by atoms with Crippen molar-refractivity contribution in [2.24, 2.45) is 11.8 Å². The number of aliphatic hydroxyl groups is 1. The summed E-state index contributed by atoms with van der Waals surface area (Å²) in [5.74, 6) is -1.68. The highest BCUT2D eigenvalue weighted by Crippen LogP contribution is 2.71. The molecule has 0 aliphatic carbocycles. The van der Waals surface area contributed by atoms with Crippen LogP contribution in [0.5, 0.6) is 0 Å². The summed E-state index contributed by atoms with van der Waals surface area (Å²) in [4.78, 5) is 43.1. The average Bonchev–Trinajstić information content (AvgIpc) is 3.41. The third-order valence-corrected chi connectivity index (χ3v) is 10.0. The van der Waals surface area contributed by atoms with Gasteiger partial charge in [-0.15, -0.1) is 11.8 Å². The largest absolute Gasteiger partial charge is 0.396 e. The lowest BCUT2D eigenvalue weighted by molar-refractivity contribution is -0.139. The predicted octanol–water partition coefficient (Wildman–Crippen LogP) is 3.74. The number of nitrogens with one attached hydrogen (secondary N) is 2. The third-order valence-electron chi connectivity index (χ3n) is 8.06. The summed E-state index contributed by atoms with van der Waals surface area (Å²) >= 11 is 1.65. The van der Waals surface area contributed by atoms with E-state index < -0.39 is 27.4 Å². The Bertz CT molecular complexity index is 1200. The number of fused-ring (bicyclic) bond motifs is 1. The van der Waals surface area contributed by atoms with Gasteiger partial charge in [-0.25, -0.2) is 0 Å². The van der Waals surface area contributed by atoms with Crippen LogP contribution >= 0.6 is 11.8 Å². The minimum absolute atomic E-state index is 0.0739. The molecule has 0 aromatic heterocycles. The fraction of sp³-hybridized carbons (Fsp3) is 0.464. The summed E-state index contributed by atoms with van der Waals surface area (Å²) in [6.07, 6.45) is 1.83. The van der Waals surface area contributed by atoms with E-state index in [2.05, 4.69) is 17.6 Å². The van der Waals surface area contributed by atoms with Gasteiger partial charge < -0.3 is 20.6 Å². The Balaban J connectivity index is 1.50. The van der Waals surface area contributed by atoms with Crippen molar-refractivity contribution >= 4 is 40.9 Å². The van der Waals surface area contributed by atoms with Gasteiger partial charge in [-0.3, -0.25) is 14.4 Å². The van der Waals surface area contributed by atoms with E-state index >= 15 is 0 Å². The van der Waals surface area contributed by atoms with Gasteiger partial charge in [0.05, 0.1) is 16.6 Å². The van der Waals surface area contributed by atoms with Crippen molar-refractivity contribution in [3.63, 3.8) is 0 Å². The zero-order chi connectivity index (χ0) is 25.7. The minimum atomic E-state index is -0.706. The molecule has 3 aliphatic heterocycles. The summed E-state index contributed by atoms with van der Waals surface area (Å²) < 4.78 is -1.11. The highest BCUT2D eigenvalue weighted by Gasteiger charge is 2.77. The van der Waals surface area contributed by atoms with Gasteiger partial charge in [-0.1, -0.05) is 30.3 Å². The Morgan fingerprint density at radius 1 is 1.08 bits per heavy atom. The van der Waals surface area contributed by atoms with Gasteiger partial charge in [0.25, 0.3) is 0 Å². The summed E-state index contributed by atoms with van der Waals surface area (Å²) in [5, 5.41) is 15.6. The molecule has 2 bridgehead atoms. The Hall–Kier alpha value is -2.84. The molecule has 3 heterocycles. The second-order valence-corrected chi connectivity index (χ2v) is 12.4. The second kappa shape index (κ2) is 9.23. The van der Waals surface area contributed by atoms with Gasteiger partial charge in [-0.2, -0.15) is 0 Å². The summed E-state index contributed by atoms with van der Waals surface area (Å²) in [5.41, 5.74) is 3.41. The van der Waals surface area contributed by atoms with E-state index in [4.69, 9.17) is 0 Å². The van der Waals surface area contributed by atoms with Gasteiger partial charge in [0.15, 0.2) is 0 Å². The van der Waals surface area contributed by atoms with Crippen LogP contribution in [0.4, 0.5) is 11.4 Å². The number of nitrogens with zero attached hydrogens (tertiary/aromatic N) is 1. The van der Waals surface area contributed by atoms with Crippen molar-refractivity contribution in [1.82, 2.24) is 4.90 Å². The molecule has 3 saturated heterocycles. The summed E-state index contributed by atoms with van der Waals surface area (Å²) in [7, 11) is 0. The number of hydrogen-bond acceptors (Lipinski definition) is 5. The van der Waals surface area contributed by atoms with Crippen LogP contribution in [0.1, 0.15) is 37.3 Å². The molecule has 1 spiro atoms. The van der Waals surface area contributed by atoms with Crippen LogP contribution in [-0.4, -0.2) is 56.4 Å². The number of thioether (sulfide) groups is 1. The molecule has 2 aromatic carbocycles. The average molecular weight is 508 g/mol. The number of carbonyl (C=O) groups excluding carboxylic acids is 3. The van der Waals surface area contributed by atoms with Crippen LogP contribution < -0.4 is 10.6 Å². The quantitative estimate of drug-likeness (QED) is 0.530. The molecule has 0 saturated carbocycles. The maximum absolute atomic E-state index is 13.9. The van der Waals surface area contributed by atoms with E-state index in [1.165, 1.54) is 0 Å². The van der Waals surface area contributed by atoms with Gasteiger partial charge in [-0.05, 0) is 69.4 Å². The number of carbonyl (C=O) groups is 3. The molecule has 3 aliphatic rings. The number of aryl methyl sites for hydroxylation is 2. The molecular weight excluding hydrogens is 474 g/mol. The van der Waals surface area contributed by atoms with Crippen molar-refractivity contribution in [1.29, 1.82) is 0 Å². The van der Waals surface area contributed by atoms with Crippen LogP contribution in [0.3, 0.4) is 0 Å². The van der Waals surface area contributed by atoms with Gasteiger partial charge in [0.1, 0.15) is 6.04 Å². The molecule has 7 nitrogen and oxygen atoms in total. The summed E-state index contributed by atoms with van der Waals surface area (Å²) in [6.45, 7) is 6.19. The smallest absolute Gasteiger partial charge is 0.248 e. The summed E-state index contributed by atoms with van der Waals surface area (Å²) in [6, 6.07) is 14.5. The molecule has 5 rings (SSSR count). The number of benzene rings is 2. The van der Waals surface area contributed by atoms with Crippen LogP contribution in [0.15, 0.2) is 48.5 Å². The molecule has 3 amide bonds. The van der Waals surface area contributed by atoms with Crippen molar-refractivity contribution in [2.75, 3.05) is 23.8 Å². The Morgan fingerprint density at radius 3 is 2.56 bits per heavy atom. The van der Waals surface area contributed by atoms with E-state index in [0.29, 0.717) is 18.5 Å². The topological polar surface area (TPSA) is 98.7 Å². The highest BCUT2D eigenvalue weighted by atomic mass is 32.2. The van der Waals surface area contributed by atoms with E-state index in [9.17, 15) is 19.5 Å². The molecule has 5 atom stereocenters. The SMILES string of the molecule is Cc1ccc(C)c(NC(=O)C2N(CCCO)C(=O)[C@@H]3[C@@H](C(=O)Nc4ccccc4)[C@@]4(C)CCC23S4)c1. The lowest BCUT2D eigenvalue weighted by atomic mass is 9.66. The zero-order valence-corrected chi connectivity index (χ0v) is 21.7. The Morgan fingerprint density at radius 2 is 1.83 bits per heavy atom. The van der Waals surface area contributed by atoms with E-state index in [1.54, 1.807) is 16.7 Å². The maximum atomic E-state index is 13.9. The predicted molar refractivity (Wildman–Crippen MR) is 142 cm³/mol. The van der Waals surface area contributed by atoms with Crippen LogP contribution in [0, 0.1) is 25.7 Å². The van der Waals surface area contributed by atoms with Crippen molar-refractivity contribution in [2.45, 2.75) is 55.6 Å². The van der Waals surface area contributed by atoms with Gasteiger partial charge >= 0.3 is 0 Å². The minimum Gasteiger partial charge on any atom is -0.396 e. The van der Waals surface area contributed by atoms with Crippen molar-refractivity contribution in [3.8, 4) is 0 Å². The normalized spacial score (nSPS) is 30.4. The molecular formula is C28H33N3O4S. The molecule has 2 aromatic rings. The first-order valence-corrected chi connectivity index (χ1v) is 13.4. The van der Waals surface area contributed by atoms with Crippen LogP contribution in [0.25, 0.3) is 0 Å². The number of hydrogen-bond donors (Lipinski definition) is 3. The number of amides is 3. The Labute approximate surface area is 216 Å². The first kappa shape index (κ1) is 24.8. The van der Waals surface area contributed by atoms with E-state index in [0.717, 1.165) is 23.2 Å². The fourth-order valence-corrected chi connectivity index (χ4v) is 8.78. The Kier molecular flexibility index (Phi) is 6.37. The highest BCUT2D eigenvalue weighted by molar-refractivity contribution is 8.02. The van der Waals surface area contributed by atoms with Crippen molar-refractivity contribution in [3.05, 3.63) is 59.7 Å². The van der Waals surface area contributed by atoms with Crippen molar-refractivity contribution < 1.29 is 19.5 Å². The maximum Gasteiger partial charge on any atom is 0.248 e. The fourth-order valence-electron chi connectivity index (χ4n) is 6.42. The number of likely N-dealkylation sites (tertiary alicyclic amines) is 1. The molecule has 3 N–H and O–H groups in total. The first-order valence-electron chi connectivity index (χ1n) is 12.6. The number of anilines is 2. The molecule has 36 heavy (non-hydrogen) atoms. The first-order chi connectivity index (χ1) is 17.2. The third kappa shape index (κ3) is 3.91.